The van der Waals surface area contributed by atoms with Crippen LogP contribution in [0.2, 0.25) is 0 Å². The lowest BCUT2D eigenvalue weighted by Crippen LogP contribution is -1.85. The van der Waals surface area contributed by atoms with Gasteiger partial charge in [0.2, 0.25) is 0 Å². The fourth-order valence-electron chi connectivity index (χ4n) is 0.748. The molecule has 0 unspecified atom stereocenters. The van der Waals surface area contributed by atoms with Crippen LogP contribution in [-0.2, 0) is 4.74 Å². The highest BCUT2D eigenvalue weighted by molar-refractivity contribution is 6.25. The SMILES string of the molecule is CCCC/C(=C\C=C/Cl)OC. The lowest BCUT2D eigenvalue weighted by molar-refractivity contribution is 0.275. The second-order valence-corrected chi connectivity index (χ2v) is 2.51. The average molecular weight is 175 g/mol. The van der Waals surface area contributed by atoms with E-state index in [1.54, 1.807) is 13.2 Å². The molecule has 2 heteroatoms. The Morgan fingerprint density at radius 1 is 1.55 bits per heavy atom. The van der Waals surface area contributed by atoms with E-state index in [0.717, 1.165) is 18.6 Å². The van der Waals surface area contributed by atoms with Crippen LogP contribution in [-0.4, -0.2) is 7.11 Å². The highest BCUT2D eigenvalue weighted by Gasteiger charge is 1.91. The summed E-state index contributed by atoms with van der Waals surface area (Å²) >= 11 is 5.36. The summed E-state index contributed by atoms with van der Waals surface area (Å²) in [5, 5.41) is 0. The van der Waals surface area contributed by atoms with Gasteiger partial charge in [-0.15, -0.1) is 0 Å². The summed E-state index contributed by atoms with van der Waals surface area (Å²) < 4.78 is 5.11. The van der Waals surface area contributed by atoms with Gasteiger partial charge in [0.05, 0.1) is 12.9 Å². The molecule has 0 aliphatic heterocycles. The monoisotopic (exact) mass is 174 g/mol. The van der Waals surface area contributed by atoms with Crippen LogP contribution in [0, 0.1) is 0 Å². The lowest BCUT2D eigenvalue weighted by atomic mass is 10.2. The van der Waals surface area contributed by atoms with Gasteiger partial charge in [-0.1, -0.05) is 24.9 Å². The van der Waals surface area contributed by atoms with Gasteiger partial charge in [-0.05, 0) is 18.6 Å². The van der Waals surface area contributed by atoms with Gasteiger partial charge in [0.15, 0.2) is 0 Å². The van der Waals surface area contributed by atoms with E-state index < -0.39 is 0 Å². The van der Waals surface area contributed by atoms with Crippen LogP contribution in [0.25, 0.3) is 0 Å². The molecule has 0 radical (unpaired) electrons. The molecule has 0 aromatic carbocycles. The van der Waals surface area contributed by atoms with Crippen LogP contribution in [0.4, 0.5) is 0 Å². The molecular formula is C9H15ClO. The standard InChI is InChI=1S/C9H15ClO/c1-3-4-6-9(11-2)7-5-8-10/h5,7-8H,3-4,6H2,1-2H3/b8-5-,9-7+. The van der Waals surface area contributed by atoms with Gasteiger partial charge in [-0.2, -0.15) is 0 Å². The molecule has 0 bridgehead atoms. The second-order valence-electron chi connectivity index (χ2n) is 2.26. The summed E-state index contributed by atoms with van der Waals surface area (Å²) in [7, 11) is 1.68. The molecule has 0 spiro atoms. The van der Waals surface area contributed by atoms with Crippen LogP contribution in [0.1, 0.15) is 26.2 Å². The normalized spacial score (nSPS) is 12.5. The van der Waals surface area contributed by atoms with Crippen molar-refractivity contribution in [2.75, 3.05) is 7.11 Å². The van der Waals surface area contributed by atoms with Crippen LogP contribution < -0.4 is 0 Å². The van der Waals surface area contributed by atoms with Crippen molar-refractivity contribution < 1.29 is 4.74 Å². The summed E-state index contributed by atoms with van der Waals surface area (Å²) in [5.74, 6) is 0.990. The maximum absolute atomic E-state index is 5.36. The number of halogens is 1. The molecule has 0 saturated carbocycles. The van der Waals surface area contributed by atoms with E-state index in [9.17, 15) is 0 Å². The molecule has 0 N–H and O–H groups in total. The molecule has 0 heterocycles. The van der Waals surface area contributed by atoms with Crippen LogP contribution in [0.5, 0.6) is 0 Å². The Morgan fingerprint density at radius 2 is 2.27 bits per heavy atom. The largest absolute Gasteiger partial charge is 0.501 e. The fourth-order valence-corrected chi connectivity index (χ4v) is 0.821. The average Bonchev–Trinajstić information content (AvgIpc) is 2.05. The predicted molar refractivity (Wildman–Crippen MR) is 49.6 cm³/mol. The van der Waals surface area contributed by atoms with Crippen molar-refractivity contribution in [1.82, 2.24) is 0 Å². The smallest absolute Gasteiger partial charge is 0.0955 e. The fraction of sp³-hybridized carbons (Fsp3) is 0.556. The molecule has 0 aromatic heterocycles. The Labute approximate surface area is 73.7 Å². The van der Waals surface area contributed by atoms with Gasteiger partial charge in [-0.25, -0.2) is 0 Å². The van der Waals surface area contributed by atoms with Gasteiger partial charge >= 0.3 is 0 Å². The first-order chi connectivity index (χ1) is 5.35. The van der Waals surface area contributed by atoms with Gasteiger partial charge in [0.25, 0.3) is 0 Å². The third kappa shape index (κ3) is 5.99. The first-order valence-electron chi connectivity index (χ1n) is 3.85. The van der Waals surface area contributed by atoms with Crippen molar-refractivity contribution in [3.63, 3.8) is 0 Å². The molecular weight excluding hydrogens is 160 g/mol. The summed E-state index contributed by atoms with van der Waals surface area (Å²) in [6.07, 6.45) is 7.01. The molecule has 0 aromatic rings. The third-order valence-electron chi connectivity index (χ3n) is 1.39. The first kappa shape index (κ1) is 10.6. The van der Waals surface area contributed by atoms with E-state index in [0.29, 0.717) is 0 Å². The van der Waals surface area contributed by atoms with Crippen molar-refractivity contribution in [2.45, 2.75) is 26.2 Å². The minimum atomic E-state index is 0.990. The van der Waals surface area contributed by atoms with Gasteiger partial charge in [0, 0.05) is 12.0 Å². The van der Waals surface area contributed by atoms with Gasteiger partial charge in [-0.3, -0.25) is 0 Å². The summed E-state index contributed by atoms with van der Waals surface area (Å²) in [5.41, 5.74) is 1.48. The Morgan fingerprint density at radius 3 is 2.73 bits per heavy atom. The van der Waals surface area contributed by atoms with E-state index >= 15 is 0 Å². The first-order valence-corrected chi connectivity index (χ1v) is 4.28. The number of rotatable bonds is 5. The molecule has 0 amide bonds. The van der Waals surface area contributed by atoms with Crippen LogP contribution in [0.3, 0.4) is 0 Å². The quantitative estimate of drug-likeness (QED) is 0.458. The molecule has 0 aliphatic rings. The van der Waals surface area contributed by atoms with E-state index in [2.05, 4.69) is 6.92 Å². The minimum Gasteiger partial charge on any atom is -0.501 e. The van der Waals surface area contributed by atoms with E-state index in [1.165, 1.54) is 12.0 Å². The summed E-state index contributed by atoms with van der Waals surface area (Å²) in [4.78, 5) is 0. The maximum atomic E-state index is 5.36. The molecule has 1 nitrogen and oxygen atoms in total. The molecule has 11 heavy (non-hydrogen) atoms. The maximum Gasteiger partial charge on any atom is 0.0955 e. The lowest BCUT2D eigenvalue weighted by Gasteiger charge is -2.02. The summed E-state index contributed by atoms with van der Waals surface area (Å²) in [6, 6.07) is 0. The van der Waals surface area contributed by atoms with E-state index in [-0.39, 0.29) is 0 Å². The van der Waals surface area contributed by atoms with E-state index in [1.807, 2.05) is 6.08 Å². The number of hydrogen-bond donors (Lipinski definition) is 0. The molecule has 0 rings (SSSR count). The van der Waals surface area contributed by atoms with Gasteiger partial charge < -0.3 is 4.74 Å². The van der Waals surface area contributed by atoms with Crippen molar-refractivity contribution >= 4 is 11.6 Å². The summed E-state index contributed by atoms with van der Waals surface area (Å²) in [6.45, 7) is 2.16. The second kappa shape index (κ2) is 7.67. The number of ether oxygens (including phenoxy) is 1. The zero-order valence-electron chi connectivity index (χ0n) is 7.14. The van der Waals surface area contributed by atoms with Crippen molar-refractivity contribution in [3.8, 4) is 0 Å². The van der Waals surface area contributed by atoms with Crippen molar-refractivity contribution in [3.05, 3.63) is 23.4 Å². The topological polar surface area (TPSA) is 9.23 Å². The Balaban J connectivity index is 3.73. The highest BCUT2D eigenvalue weighted by Crippen LogP contribution is 2.07. The van der Waals surface area contributed by atoms with Gasteiger partial charge in [0.1, 0.15) is 0 Å². The molecule has 64 valence electrons. The van der Waals surface area contributed by atoms with Crippen LogP contribution >= 0.6 is 11.6 Å². The molecule has 0 aliphatic carbocycles. The number of hydrogen-bond acceptors (Lipinski definition) is 1. The zero-order chi connectivity index (χ0) is 8.53. The number of allylic oxidation sites excluding steroid dienone is 3. The Kier molecular flexibility index (Phi) is 7.37. The highest BCUT2D eigenvalue weighted by atomic mass is 35.5. The van der Waals surface area contributed by atoms with Crippen molar-refractivity contribution in [1.29, 1.82) is 0 Å². The molecule has 0 saturated heterocycles. The molecule has 0 fully saturated rings. The third-order valence-corrected chi connectivity index (χ3v) is 1.54. The Bertz CT molecular complexity index is 138. The van der Waals surface area contributed by atoms with Crippen LogP contribution in [0.15, 0.2) is 23.4 Å². The van der Waals surface area contributed by atoms with E-state index in [4.69, 9.17) is 16.3 Å². The number of unbranched alkanes of at least 4 members (excludes halogenated alkanes) is 1. The Hall–Kier alpha value is -0.430. The number of methoxy groups -OCH3 is 1. The molecule has 0 atom stereocenters. The minimum absolute atomic E-state index is 0.990. The zero-order valence-corrected chi connectivity index (χ0v) is 7.90. The van der Waals surface area contributed by atoms with Crippen molar-refractivity contribution in [2.24, 2.45) is 0 Å². The predicted octanol–water partition coefficient (Wildman–Crippen LogP) is 3.46.